The van der Waals surface area contributed by atoms with Crippen LogP contribution in [0.25, 0.3) is 0 Å². The molecule has 0 bridgehead atoms. The molecule has 0 aromatic heterocycles. The Morgan fingerprint density at radius 1 is 1.11 bits per heavy atom. The lowest BCUT2D eigenvalue weighted by molar-refractivity contribution is 0.0942. The molecule has 19 heavy (non-hydrogen) atoms. The minimum atomic E-state index is -0.665. The van der Waals surface area contributed by atoms with E-state index in [1.807, 2.05) is 0 Å². The molecule has 0 saturated heterocycles. The molecule has 2 rings (SSSR count). The Balaban J connectivity index is 1.80. The minimum Gasteiger partial charge on any atom is -0.394 e. The van der Waals surface area contributed by atoms with E-state index < -0.39 is 6.10 Å². The predicted octanol–water partition coefficient (Wildman–Crippen LogP) is 2.18. The van der Waals surface area contributed by atoms with Crippen molar-refractivity contribution in [3.8, 4) is 0 Å². The molecule has 3 N–H and O–H groups in total. The third-order valence-electron chi connectivity index (χ3n) is 3.98. The molecule has 0 radical (unpaired) electrons. The molecule has 1 saturated carbocycles. The molecular weight excluding hydrogens is 238 g/mol. The fourth-order valence-electron chi connectivity index (χ4n) is 2.79. The maximum atomic E-state index is 9.24. The Hall–Kier alpha value is -0.900. The van der Waals surface area contributed by atoms with E-state index in [0.717, 1.165) is 12.5 Å². The van der Waals surface area contributed by atoms with Crippen LogP contribution in [-0.2, 0) is 6.54 Å². The van der Waals surface area contributed by atoms with Gasteiger partial charge >= 0.3 is 0 Å². The molecule has 1 aliphatic rings. The third-order valence-corrected chi connectivity index (χ3v) is 3.98. The van der Waals surface area contributed by atoms with Gasteiger partial charge in [-0.2, -0.15) is 0 Å². The van der Waals surface area contributed by atoms with E-state index in [0.29, 0.717) is 6.54 Å². The first kappa shape index (κ1) is 14.5. The van der Waals surface area contributed by atoms with Gasteiger partial charge in [0.2, 0.25) is 0 Å². The molecule has 1 fully saturated rings. The Morgan fingerprint density at radius 2 is 1.79 bits per heavy atom. The number of hydrogen-bond donors (Lipinski definition) is 3. The summed E-state index contributed by atoms with van der Waals surface area (Å²) in [6.07, 6.45) is 6.13. The van der Waals surface area contributed by atoms with Gasteiger partial charge < -0.3 is 15.5 Å². The van der Waals surface area contributed by atoms with Crippen LogP contribution in [0.1, 0.15) is 49.1 Å². The van der Waals surface area contributed by atoms with Gasteiger partial charge in [-0.15, -0.1) is 0 Å². The van der Waals surface area contributed by atoms with Crippen LogP contribution in [-0.4, -0.2) is 29.5 Å². The van der Waals surface area contributed by atoms with Crippen LogP contribution in [0, 0.1) is 0 Å². The van der Waals surface area contributed by atoms with Gasteiger partial charge in [-0.05, 0) is 29.9 Å². The highest BCUT2D eigenvalue weighted by Crippen LogP contribution is 2.32. The number of hydrogen-bond acceptors (Lipinski definition) is 3. The van der Waals surface area contributed by atoms with E-state index in [9.17, 15) is 5.11 Å². The van der Waals surface area contributed by atoms with Crippen molar-refractivity contribution >= 4 is 0 Å². The number of rotatable bonds is 6. The lowest BCUT2D eigenvalue weighted by Gasteiger charge is -2.22. The Morgan fingerprint density at radius 3 is 2.42 bits per heavy atom. The molecule has 0 amide bonds. The number of benzene rings is 1. The highest BCUT2D eigenvalue weighted by atomic mass is 16.3. The standard InChI is InChI=1S/C16H25NO2/c18-12-16(19)11-17-10-13-6-8-15(9-7-13)14-4-2-1-3-5-14/h6-9,14,16-19H,1-5,10-12H2. The summed E-state index contributed by atoms with van der Waals surface area (Å²) >= 11 is 0. The number of aliphatic hydroxyl groups is 2. The second-order valence-electron chi connectivity index (χ2n) is 5.54. The monoisotopic (exact) mass is 263 g/mol. The van der Waals surface area contributed by atoms with E-state index in [1.54, 1.807) is 0 Å². The van der Waals surface area contributed by atoms with E-state index in [2.05, 4.69) is 29.6 Å². The first-order valence-corrected chi connectivity index (χ1v) is 7.38. The zero-order valence-corrected chi connectivity index (χ0v) is 11.5. The van der Waals surface area contributed by atoms with Crippen LogP contribution >= 0.6 is 0 Å². The van der Waals surface area contributed by atoms with Crippen molar-refractivity contribution in [3.05, 3.63) is 35.4 Å². The van der Waals surface area contributed by atoms with Gasteiger partial charge in [-0.3, -0.25) is 0 Å². The average Bonchev–Trinajstić information content (AvgIpc) is 2.48. The average molecular weight is 263 g/mol. The minimum absolute atomic E-state index is 0.187. The Kier molecular flexibility index (Phi) is 5.83. The largest absolute Gasteiger partial charge is 0.394 e. The molecule has 0 aliphatic heterocycles. The molecule has 1 aromatic rings. The summed E-state index contributed by atoms with van der Waals surface area (Å²) in [7, 11) is 0. The van der Waals surface area contributed by atoms with Gasteiger partial charge in [-0.25, -0.2) is 0 Å². The first-order valence-electron chi connectivity index (χ1n) is 7.38. The summed E-state index contributed by atoms with van der Waals surface area (Å²) in [5, 5.41) is 21.1. The predicted molar refractivity (Wildman–Crippen MR) is 77.1 cm³/mol. The van der Waals surface area contributed by atoms with Gasteiger partial charge in [0.25, 0.3) is 0 Å². The summed E-state index contributed by atoms with van der Waals surface area (Å²) in [5.74, 6) is 0.756. The molecule has 0 spiro atoms. The van der Waals surface area contributed by atoms with Crippen molar-refractivity contribution in [2.75, 3.05) is 13.2 Å². The van der Waals surface area contributed by atoms with Crippen LogP contribution in [0.5, 0.6) is 0 Å². The van der Waals surface area contributed by atoms with Crippen LogP contribution in [0.3, 0.4) is 0 Å². The van der Waals surface area contributed by atoms with Crippen molar-refractivity contribution in [2.24, 2.45) is 0 Å². The van der Waals surface area contributed by atoms with Crippen LogP contribution in [0.4, 0.5) is 0 Å². The molecule has 3 nitrogen and oxygen atoms in total. The zero-order chi connectivity index (χ0) is 13.5. The Bertz CT molecular complexity index is 358. The first-order chi connectivity index (χ1) is 9.29. The van der Waals surface area contributed by atoms with Crippen molar-refractivity contribution in [1.82, 2.24) is 5.32 Å². The van der Waals surface area contributed by atoms with Crippen LogP contribution in [0.2, 0.25) is 0 Å². The highest BCUT2D eigenvalue weighted by Gasteiger charge is 2.14. The highest BCUT2D eigenvalue weighted by molar-refractivity contribution is 5.25. The molecular formula is C16H25NO2. The molecule has 1 aromatic carbocycles. The van der Waals surface area contributed by atoms with Crippen molar-refractivity contribution in [1.29, 1.82) is 0 Å². The summed E-state index contributed by atoms with van der Waals surface area (Å²) in [6.45, 7) is 0.983. The third kappa shape index (κ3) is 4.60. The van der Waals surface area contributed by atoms with E-state index in [4.69, 9.17) is 5.11 Å². The topological polar surface area (TPSA) is 52.5 Å². The molecule has 3 heteroatoms. The number of nitrogens with one attached hydrogen (secondary N) is 1. The maximum Gasteiger partial charge on any atom is 0.0895 e. The maximum absolute atomic E-state index is 9.24. The lowest BCUT2D eigenvalue weighted by atomic mass is 9.84. The Labute approximate surface area is 115 Å². The van der Waals surface area contributed by atoms with Crippen molar-refractivity contribution in [3.63, 3.8) is 0 Å². The summed E-state index contributed by atoms with van der Waals surface area (Å²) in [5.41, 5.74) is 2.70. The van der Waals surface area contributed by atoms with E-state index >= 15 is 0 Å². The molecule has 0 heterocycles. The van der Waals surface area contributed by atoms with Gasteiger partial charge in [0, 0.05) is 13.1 Å². The molecule has 1 aliphatic carbocycles. The van der Waals surface area contributed by atoms with Gasteiger partial charge in [0.15, 0.2) is 0 Å². The normalized spacial score (nSPS) is 18.4. The molecule has 1 unspecified atom stereocenters. The SMILES string of the molecule is OCC(O)CNCc1ccc(C2CCCCC2)cc1. The van der Waals surface area contributed by atoms with Crippen LogP contribution in [0.15, 0.2) is 24.3 Å². The van der Waals surface area contributed by atoms with Crippen LogP contribution < -0.4 is 5.32 Å². The summed E-state index contributed by atoms with van der Waals surface area (Å²) < 4.78 is 0. The van der Waals surface area contributed by atoms with Gasteiger partial charge in [0.05, 0.1) is 12.7 Å². The zero-order valence-electron chi connectivity index (χ0n) is 11.5. The quantitative estimate of drug-likeness (QED) is 0.737. The fraction of sp³-hybridized carbons (Fsp3) is 0.625. The second kappa shape index (κ2) is 7.63. The van der Waals surface area contributed by atoms with Gasteiger partial charge in [0.1, 0.15) is 0 Å². The van der Waals surface area contributed by atoms with Crippen molar-refractivity contribution in [2.45, 2.75) is 50.7 Å². The van der Waals surface area contributed by atoms with E-state index in [1.165, 1.54) is 43.2 Å². The second-order valence-corrected chi connectivity index (χ2v) is 5.54. The summed E-state index contributed by atoms with van der Waals surface area (Å²) in [4.78, 5) is 0. The molecule has 106 valence electrons. The van der Waals surface area contributed by atoms with E-state index in [-0.39, 0.29) is 6.61 Å². The molecule has 1 atom stereocenters. The lowest BCUT2D eigenvalue weighted by Crippen LogP contribution is -2.28. The fourth-order valence-corrected chi connectivity index (χ4v) is 2.79. The van der Waals surface area contributed by atoms with Crippen molar-refractivity contribution < 1.29 is 10.2 Å². The van der Waals surface area contributed by atoms with Gasteiger partial charge in [-0.1, -0.05) is 43.5 Å². The summed E-state index contributed by atoms with van der Waals surface area (Å²) in [6, 6.07) is 8.83. The smallest absolute Gasteiger partial charge is 0.0895 e. The number of aliphatic hydroxyl groups excluding tert-OH is 2.